The van der Waals surface area contributed by atoms with Crippen molar-refractivity contribution in [1.82, 2.24) is 10.6 Å². The maximum Gasteiger partial charge on any atom is 0.235 e. The number of aryl methyl sites for hydroxylation is 2. The number of nitrogens with two attached hydrogens (primary N) is 1. The largest absolute Gasteiger partial charge is 0.496 e. The summed E-state index contributed by atoms with van der Waals surface area (Å²) in [5.74, 6) is 0.715. The lowest BCUT2D eigenvalue weighted by molar-refractivity contribution is -0.120. The van der Waals surface area contributed by atoms with E-state index >= 15 is 0 Å². The zero-order chi connectivity index (χ0) is 19.2. The highest BCUT2D eigenvalue weighted by Crippen LogP contribution is 2.16. The minimum Gasteiger partial charge on any atom is -0.496 e. The molecule has 0 radical (unpaired) electrons. The zero-order valence-electron chi connectivity index (χ0n) is 16.0. The Labute approximate surface area is 156 Å². The molecule has 3 rings (SSSR count). The summed E-state index contributed by atoms with van der Waals surface area (Å²) in [5, 5.41) is 6.03. The second kappa shape index (κ2) is 12.9. The highest BCUT2D eigenvalue weighted by Gasteiger charge is 2.16. The van der Waals surface area contributed by atoms with Crippen molar-refractivity contribution in [1.29, 1.82) is 0 Å². The molecule has 2 aromatic rings. The van der Waals surface area contributed by atoms with Crippen LogP contribution in [-0.4, -0.2) is 38.7 Å². The molecule has 1 heterocycles. The molecule has 0 aromatic heterocycles. The van der Waals surface area contributed by atoms with E-state index < -0.39 is 0 Å². The first-order valence-corrected chi connectivity index (χ1v) is 8.95. The lowest BCUT2D eigenvalue weighted by Crippen LogP contribution is -2.54. The number of hydrogen-bond acceptors (Lipinski definition) is 4. The maximum atomic E-state index is 10.5. The van der Waals surface area contributed by atoms with E-state index in [1.807, 2.05) is 36.4 Å². The van der Waals surface area contributed by atoms with Gasteiger partial charge >= 0.3 is 0 Å². The SMILES string of the molecule is CCc1ccccc1OC.Cc1ccccc1.NC(=O)C1CNCCN1. The number of nitrogens with one attached hydrogen (secondary N) is 2. The molecule has 2 aromatic carbocycles. The van der Waals surface area contributed by atoms with Crippen molar-refractivity contribution in [2.45, 2.75) is 26.3 Å². The third kappa shape index (κ3) is 8.65. The Morgan fingerprint density at radius 3 is 2.15 bits per heavy atom. The van der Waals surface area contributed by atoms with Crippen molar-refractivity contribution in [3.63, 3.8) is 0 Å². The minimum atomic E-state index is -0.276. The Bertz CT molecular complexity index is 603. The zero-order valence-corrected chi connectivity index (χ0v) is 16.0. The van der Waals surface area contributed by atoms with Gasteiger partial charge in [-0.25, -0.2) is 0 Å². The van der Waals surface area contributed by atoms with E-state index in [1.54, 1.807) is 7.11 Å². The Hall–Kier alpha value is -2.37. The summed E-state index contributed by atoms with van der Waals surface area (Å²) in [4.78, 5) is 10.5. The Balaban J connectivity index is 0.000000198. The van der Waals surface area contributed by atoms with Crippen molar-refractivity contribution in [2.24, 2.45) is 5.73 Å². The standard InChI is InChI=1S/C9H12O.C7H8.C5H11N3O/c1-3-8-6-4-5-7-9(8)10-2;1-7-5-3-2-4-6-7;6-5(9)4-3-7-1-2-8-4/h4-7H,3H2,1-2H3;2-6H,1H3;4,7-8H,1-3H2,(H2,6,9). The smallest absolute Gasteiger partial charge is 0.235 e. The summed E-state index contributed by atoms with van der Waals surface area (Å²) < 4.78 is 5.14. The maximum absolute atomic E-state index is 10.5. The molecule has 5 heteroatoms. The number of methoxy groups -OCH3 is 1. The summed E-state index contributed by atoms with van der Waals surface area (Å²) in [6.07, 6.45) is 1.03. The monoisotopic (exact) mass is 357 g/mol. The molecular formula is C21H31N3O2. The van der Waals surface area contributed by atoms with Gasteiger partial charge < -0.3 is 21.1 Å². The van der Waals surface area contributed by atoms with Crippen LogP contribution in [0.1, 0.15) is 18.1 Å². The predicted molar refractivity (Wildman–Crippen MR) is 107 cm³/mol. The van der Waals surface area contributed by atoms with Crippen LogP contribution in [0.15, 0.2) is 54.6 Å². The first-order valence-electron chi connectivity index (χ1n) is 8.95. The Morgan fingerprint density at radius 1 is 1.12 bits per heavy atom. The van der Waals surface area contributed by atoms with Gasteiger partial charge in [0.2, 0.25) is 5.91 Å². The fraction of sp³-hybridized carbons (Fsp3) is 0.381. The molecule has 0 aliphatic carbocycles. The molecule has 1 aliphatic heterocycles. The third-order valence-electron chi connectivity index (χ3n) is 3.90. The number of ether oxygens (including phenoxy) is 1. The van der Waals surface area contributed by atoms with E-state index in [0.29, 0.717) is 6.54 Å². The molecule has 5 nitrogen and oxygen atoms in total. The number of piperazine rings is 1. The summed E-state index contributed by atoms with van der Waals surface area (Å²) >= 11 is 0. The van der Waals surface area contributed by atoms with Gasteiger partial charge in [0.25, 0.3) is 0 Å². The van der Waals surface area contributed by atoms with Gasteiger partial charge in [0.1, 0.15) is 5.75 Å². The van der Waals surface area contributed by atoms with E-state index in [4.69, 9.17) is 10.5 Å². The topological polar surface area (TPSA) is 76.4 Å². The summed E-state index contributed by atoms with van der Waals surface area (Å²) in [5.41, 5.74) is 7.62. The lowest BCUT2D eigenvalue weighted by Gasteiger charge is -2.21. The van der Waals surface area contributed by atoms with Crippen LogP contribution in [0.25, 0.3) is 0 Å². The number of amides is 1. The highest BCUT2D eigenvalue weighted by atomic mass is 16.5. The summed E-state index contributed by atoms with van der Waals surface area (Å²) in [6, 6.07) is 18.2. The molecule has 0 saturated carbocycles. The van der Waals surface area contributed by atoms with Crippen molar-refractivity contribution >= 4 is 5.91 Å². The lowest BCUT2D eigenvalue weighted by atomic mass is 10.1. The van der Waals surface area contributed by atoms with Crippen molar-refractivity contribution in [3.05, 3.63) is 65.7 Å². The third-order valence-corrected chi connectivity index (χ3v) is 3.90. The van der Waals surface area contributed by atoms with Gasteiger partial charge in [-0.3, -0.25) is 4.79 Å². The van der Waals surface area contributed by atoms with E-state index in [2.05, 4.69) is 42.7 Å². The molecule has 1 aliphatic rings. The number of hydrogen-bond donors (Lipinski definition) is 3. The van der Waals surface area contributed by atoms with Gasteiger partial charge in [0.15, 0.2) is 0 Å². The van der Waals surface area contributed by atoms with Crippen molar-refractivity contribution < 1.29 is 9.53 Å². The number of rotatable bonds is 3. The average Bonchev–Trinajstić information content (AvgIpc) is 2.70. The van der Waals surface area contributed by atoms with E-state index in [0.717, 1.165) is 25.3 Å². The molecule has 142 valence electrons. The van der Waals surface area contributed by atoms with Crippen LogP contribution in [0.4, 0.5) is 0 Å². The number of para-hydroxylation sites is 1. The summed E-state index contributed by atoms with van der Waals surface area (Å²) in [7, 11) is 1.70. The predicted octanol–water partition coefficient (Wildman–Crippen LogP) is 2.29. The van der Waals surface area contributed by atoms with Gasteiger partial charge in [-0.2, -0.15) is 0 Å². The average molecular weight is 357 g/mol. The van der Waals surface area contributed by atoms with Gasteiger partial charge in [-0.1, -0.05) is 61.0 Å². The van der Waals surface area contributed by atoms with Crippen LogP contribution < -0.4 is 21.1 Å². The van der Waals surface area contributed by atoms with E-state index in [9.17, 15) is 4.79 Å². The van der Waals surface area contributed by atoms with Crippen molar-refractivity contribution in [3.8, 4) is 5.75 Å². The Morgan fingerprint density at radius 2 is 1.77 bits per heavy atom. The second-order valence-corrected chi connectivity index (χ2v) is 5.93. The van der Waals surface area contributed by atoms with Gasteiger partial charge in [0.05, 0.1) is 13.2 Å². The molecule has 0 bridgehead atoms. The molecule has 1 amide bonds. The van der Waals surface area contributed by atoms with Gasteiger partial charge in [-0.15, -0.1) is 0 Å². The molecule has 1 saturated heterocycles. The van der Waals surface area contributed by atoms with Gasteiger partial charge in [0, 0.05) is 19.6 Å². The van der Waals surface area contributed by atoms with Crippen LogP contribution in [0.5, 0.6) is 5.75 Å². The molecule has 1 atom stereocenters. The van der Waals surface area contributed by atoms with Gasteiger partial charge in [-0.05, 0) is 25.0 Å². The van der Waals surface area contributed by atoms with Crippen LogP contribution in [0, 0.1) is 6.92 Å². The first kappa shape index (κ1) is 21.7. The highest BCUT2D eigenvalue weighted by molar-refractivity contribution is 5.80. The second-order valence-electron chi connectivity index (χ2n) is 5.93. The Kier molecular flexibility index (Phi) is 10.8. The molecule has 1 fully saturated rings. The van der Waals surface area contributed by atoms with Crippen LogP contribution in [0.3, 0.4) is 0 Å². The van der Waals surface area contributed by atoms with Crippen LogP contribution >= 0.6 is 0 Å². The van der Waals surface area contributed by atoms with E-state index in [1.165, 1.54) is 11.1 Å². The number of carbonyl (C=O) groups excluding carboxylic acids is 1. The molecule has 4 N–H and O–H groups in total. The van der Waals surface area contributed by atoms with Crippen molar-refractivity contribution in [2.75, 3.05) is 26.7 Å². The number of benzene rings is 2. The van der Waals surface area contributed by atoms with E-state index in [-0.39, 0.29) is 11.9 Å². The molecule has 1 unspecified atom stereocenters. The normalized spacial score (nSPS) is 15.6. The fourth-order valence-corrected chi connectivity index (χ4v) is 2.38. The minimum absolute atomic E-state index is 0.168. The molecular weight excluding hydrogens is 326 g/mol. The summed E-state index contributed by atoms with van der Waals surface area (Å²) in [6.45, 7) is 6.62. The molecule has 0 spiro atoms. The fourth-order valence-electron chi connectivity index (χ4n) is 2.38. The quantitative estimate of drug-likeness (QED) is 0.788. The van der Waals surface area contributed by atoms with Crippen LogP contribution in [-0.2, 0) is 11.2 Å². The first-order chi connectivity index (χ1) is 12.6. The number of carbonyl (C=O) groups is 1. The van der Waals surface area contributed by atoms with Crippen LogP contribution in [0.2, 0.25) is 0 Å². The number of primary amides is 1. The molecule has 26 heavy (non-hydrogen) atoms.